The maximum Gasteiger partial charge on any atom is 0.271 e. The van der Waals surface area contributed by atoms with E-state index < -0.39 is 5.92 Å². The molecule has 0 spiro atoms. The van der Waals surface area contributed by atoms with Crippen LogP contribution in [0.2, 0.25) is 0 Å². The lowest BCUT2D eigenvalue weighted by Crippen LogP contribution is -2.08. The van der Waals surface area contributed by atoms with Gasteiger partial charge < -0.3 is 0 Å². The van der Waals surface area contributed by atoms with E-state index in [9.17, 15) is 8.78 Å². The van der Waals surface area contributed by atoms with Gasteiger partial charge in [0.2, 0.25) is 0 Å². The summed E-state index contributed by atoms with van der Waals surface area (Å²) >= 11 is 5.05. The van der Waals surface area contributed by atoms with Crippen LogP contribution in [0.25, 0.3) is 0 Å². The monoisotopic (exact) mass is 346 g/mol. The van der Waals surface area contributed by atoms with E-state index in [2.05, 4.69) is 15.9 Å². The van der Waals surface area contributed by atoms with Crippen LogP contribution in [0.15, 0.2) is 22.7 Å². The van der Waals surface area contributed by atoms with Crippen molar-refractivity contribution in [3.63, 3.8) is 0 Å². The summed E-state index contributed by atoms with van der Waals surface area (Å²) in [7, 11) is 0. The Kier molecular flexibility index (Phi) is 3.09. The lowest BCUT2D eigenvalue weighted by molar-refractivity contribution is 0.0165. The summed E-state index contributed by atoms with van der Waals surface area (Å²) in [4.78, 5) is 0. The molecule has 0 bridgehead atoms. The van der Waals surface area contributed by atoms with Crippen molar-refractivity contribution in [3.8, 4) is 0 Å². The number of rotatable bonds is 1. The lowest BCUT2D eigenvalue weighted by Gasteiger charge is -2.12. The Hall–Kier alpha value is 0.290. The molecule has 1 rings (SSSR count). The third-order valence-electron chi connectivity index (χ3n) is 1.40. The van der Waals surface area contributed by atoms with E-state index in [-0.39, 0.29) is 5.56 Å². The average molecular weight is 347 g/mol. The Labute approximate surface area is 91.6 Å². The molecular formula is C8H6BrF2I. The molecule has 0 heterocycles. The zero-order valence-electron chi connectivity index (χ0n) is 6.24. The molecule has 0 aromatic heterocycles. The molecule has 12 heavy (non-hydrogen) atoms. The summed E-state index contributed by atoms with van der Waals surface area (Å²) in [5.74, 6) is -2.76. The van der Waals surface area contributed by atoms with Crippen LogP contribution in [-0.4, -0.2) is 0 Å². The zero-order chi connectivity index (χ0) is 9.35. The predicted molar refractivity (Wildman–Crippen MR) is 56.4 cm³/mol. The lowest BCUT2D eigenvalue weighted by atomic mass is 10.1. The number of hydrogen-bond donors (Lipinski definition) is 0. The van der Waals surface area contributed by atoms with Crippen molar-refractivity contribution in [2.75, 3.05) is 0 Å². The Morgan fingerprint density at radius 3 is 2.42 bits per heavy atom. The molecule has 0 N–H and O–H groups in total. The fourth-order valence-corrected chi connectivity index (χ4v) is 2.00. The summed E-state index contributed by atoms with van der Waals surface area (Å²) < 4.78 is 27.0. The van der Waals surface area contributed by atoms with Crippen molar-refractivity contribution in [2.24, 2.45) is 0 Å². The first-order valence-electron chi connectivity index (χ1n) is 3.24. The third kappa shape index (κ3) is 2.39. The molecule has 0 aliphatic heterocycles. The van der Waals surface area contributed by atoms with E-state index in [0.29, 0.717) is 8.04 Å². The largest absolute Gasteiger partial charge is 0.271 e. The highest BCUT2D eigenvalue weighted by molar-refractivity contribution is 14.1. The zero-order valence-corrected chi connectivity index (χ0v) is 9.99. The van der Waals surface area contributed by atoms with Crippen molar-refractivity contribution >= 4 is 38.5 Å². The molecule has 0 saturated carbocycles. The van der Waals surface area contributed by atoms with E-state index in [1.165, 1.54) is 6.07 Å². The van der Waals surface area contributed by atoms with Gasteiger partial charge in [-0.15, -0.1) is 0 Å². The van der Waals surface area contributed by atoms with Gasteiger partial charge in [0.25, 0.3) is 5.92 Å². The topological polar surface area (TPSA) is 0 Å². The second-order valence-electron chi connectivity index (χ2n) is 2.51. The van der Waals surface area contributed by atoms with Crippen LogP contribution in [0, 0.1) is 3.57 Å². The van der Waals surface area contributed by atoms with Crippen molar-refractivity contribution < 1.29 is 8.78 Å². The summed E-state index contributed by atoms with van der Waals surface area (Å²) in [6.07, 6.45) is 0. The Morgan fingerprint density at radius 1 is 1.42 bits per heavy atom. The molecule has 66 valence electrons. The number of halogens is 4. The minimum atomic E-state index is -2.76. The van der Waals surface area contributed by atoms with Gasteiger partial charge in [-0.3, -0.25) is 0 Å². The molecule has 1 aromatic rings. The van der Waals surface area contributed by atoms with E-state index in [4.69, 9.17) is 0 Å². The van der Waals surface area contributed by atoms with Crippen LogP contribution in [0.4, 0.5) is 8.78 Å². The molecule has 0 aliphatic carbocycles. The Morgan fingerprint density at radius 2 is 2.00 bits per heavy atom. The number of hydrogen-bond acceptors (Lipinski definition) is 0. The van der Waals surface area contributed by atoms with Gasteiger partial charge in [0, 0.05) is 20.5 Å². The average Bonchev–Trinajstić information content (AvgIpc) is 1.92. The van der Waals surface area contributed by atoms with E-state index in [0.717, 1.165) is 6.92 Å². The first-order chi connectivity index (χ1) is 5.41. The standard InChI is InChI=1S/C8H6BrF2I/c1-8(10,11)6-4-5(9)2-3-7(6)12/h2-4H,1H3. The fourth-order valence-electron chi connectivity index (χ4n) is 0.834. The van der Waals surface area contributed by atoms with Crippen LogP contribution >= 0.6 is 38.5 Å². The van der Waals surface area contributed by atoms with Crippen molar-refractivity contribution in [3.05, 3.63) is 31.8 Å². The van der Waals surface area contributed by atoms with E-state index in [1.807, 2.05) is 22.6 Å². The molecule has 0 saturated heterocycles. The Bertz CT molecular complexity index is 294. The maximum atomic E-state index is 12.9. The van der Waals surface area contributed by atoms with Gasteiger partial charge in [-0.1, -0.05) is 15.9 Å². The highest BCUT2D eigenvalue weighted by Gasteiger charge is 2.26. The minimum Gasteiger partial charge on any atom is -0.202 e. The minimum absolute atomic E-state index is 0.0671. The predicted octanol–water partition coefficient (Wildman–Crippen LogP) is 4.17. The normalized spacial score (nSPS) is 11.8. The van der Waals surface area contributed by atoms with Crippen molar-refractivity contribution in [1.29, 1.82) is 0 Å². The van der Waals surface area contributed by atoms with Gasteiger partial charge in [-0.25, -0.2) is 8.78 Å². The van der Waals surface area contributed by atoms with Crippen molar-refractivity contribution in [1.82, 2.24) is 0 Å². The molecule has 0 aliphatic rings. The summed E-state index contributed by atoms with van der Waals surface area (Å²) in [5, 5.41) is 0. The SMILES string of the molecule is CC(F)(F)c1cc(Br)ccc1I. The highest BCUT2D eigenvalue weighted by Crippen LogP contribution is 2.32. The smallest absolute Gasteiger partial charge is 0.202 e. The van der Waals surface area contributed by atoms with E-state index in [1.54, 1.807) is 12.1 Å². The molecule has 4 heteroatoms. The van der Waals surface area contributed by atoms with Crippen molar-refractivity contribution in [2.45, 2.75) is 12.8 Å². The Balaban J connectivity index is 3.23. The van der Waals surface area contributed by atoms with Gasteiger partial charge in [0.05, 0.1) is 0 Å². The maximum absolute atomic E-state index is 12.9. The van der Waals surface area contributed by atoms with Crippen LogP contribution < -0.4 is 0 Å². The van der Waals surface area contributed by atoms with Gasteiger partial charge >= 0.3 is 0 Å². The van der Waals surface area contributed by atoms with Gasteiger partial charge in [0.15, 0.2) is 0 Å². The summed E-state index contributed by atoms with van der Waals surface area (Å²) in [6.45, 7) is 0.900. The number of benzene rings is 1. The van der Waals surface area contributed by atoms with Crippen LogP contribution in [-0.2, 0) is 5.92 Å². The first kappa shape index (κ1) is 10.4. The first-order valence-corrected chi connectivity index (χ1v) is 5.12. The molecule has 0 radical (unpaired) electrons. The molecule has 0 unspecified atom stereocenters. The van der Waals surface area contributed by atoms with Crippen LogP contribution in [0.5, 0.6) is 0 Å². The van der Waals surface area contributed by atoms with Gasteiger partial charge in [-0.2, -0.15) is 0 Å². The quantitative estimate of drug-likeness (QED) is 0.670. The second-order valence-corrected chi connectivity index (χ2v) is 4.59. The van der Waals surface area contributed by atoms with Gasteiger partial charge in [-0.05, 0) is 40.8 Å². The molecular weight excluding hydrogens is 341 g/mol. The summed E-state index contributed by atoms with van der Waals surface area (Å²) in [5.41, 5.74) is 0.0671. The van der Waals surface area contributed by atoms with Crippen LogP contribution in [0.3, 0.4) is 0 Å². The second kappa shape index (κ2) is 3.57. The van der Waals surface area contributed by atoms with Gasteiger partial charge in [0.1, 0.15) is 0 Å². The van der Waals surface area contributed by atoms with E-state index >= 15 is 0 Å². The summed E-state index contributed by atoms with van der Waals surface area (Å²) in [6, 6.07) is 4.86. The molecule has 1 aromatic carbocycles. The number of alkyl halides is 2. The third-order valence-corrected chi connectivity index (χ3v) is 2.84. The molecule has 0 atom stereocenters. The molecule has 0 nitrogen and oxygen atoms in total. The fraction of sp³-hybridized carbons (Fsp3) is 0.250. The highest BCUT2D eigenvalue weighted by atomic mass is 127. The molecule has 0 fully saturated rings. The molecule has 0 amide bonds. The van der Waals surface area contributed by atoms with Crippen LogP contribution in [0.1, 0.15) is 12.5 Å².